The van der Waals surface area contributed by atoms with Crippen LogP contribution in [-0.4, -0.2) is 52.8 Å². The number of imide groups is 1. The van der Waals surface area contributed by atoms with Crippen molar-refractivity contribution in [3.05, 3.63) is 157 Å². The van der Waals surface area contributed by atoms with Crippen LogP contribution in [0.4, 0.5) is 17.1 Å². The molecule has 256 valence electrons. The molecule has 2 aliphatic rings. The topological polar surface area (TPSA) is 74.6 Å². The zero-order valence-corrected chi connectivity index (χ0v) is 29.4. The minimum absolute atomic E-state index is 0.336. The molecule has 2 aliphatic heterocycles. The van der Waals surface area contributed by atoms with Gasteiger partial charge in [-0.1, -0.05) is 72.8 Å². The molecular weight excluding hydrogens is 677 g/mol. The Kier molecular flexibility index (Phi) is 7.40. The van der Waals surface area contributed by atoms with Gasteiger partial charge in [-0.15, -0.1) is 11.3 Å². The number of para-hydroxylation sites is 3. The predicted molar refractivity (Wildman–Crippen MR) is 214 cm³/mol. The molecule has 9 heteroatoms. The van der Waals surface area contributed by atoms with Gasteiger partial charge in [-0.3, -0.25) is 9.59 Å². The van der Waals surface area contributed by atoms with Crippen molar-refractivity contribution in [2.75, 3.05) is 40.9 Å². The molecule has 8 nitrogen and oxygen atoms in total. The summed E-state index contributed by atoms with van der Waals surface area (Å²) >= 11 is 1.61. The minimum atomic E-state index is -0.336. The number of amides is 2. The van der Waals surface area contributed by atoms with E-state index in [1.165, 1.54) is 10.6 Å². The van der Waals surface area contributed by atoms with Gasteiger partial charge in [0.25, 0.3) is 11.8 Å². The lowest BCUT2D eigenvalue weighted by molar-refractivity contribution is 0.0893. The van der Waals surface area contributed by atoms with Gasteiger partial charge in [0.05, 0.1) is 27.2 Å². The molecule has 4 heterocycles. The molecule has 0 radical (unpaired) electrons. The molecule has 1 fully saturated rings. The molecule has 2 amide bonds. The maximum absolute atomic E-state index is 14.4. The number of benzene rings is 6. The van der Waals surface area contributed by atoms with E-state index in [0.29, 0.717) is 22.5 Å². The van der Waals surface area contributed by atoms with Crippen LogP contribution in [0.3, 0.4) is 0 Å². The lowest BCUT2D eigenvalue weighted by Gasteiger charge is -2.38. The van der Waals surface area contributed by atoms with E-state index in [-0.39, 0.29) is 11.8 Å². The molecule has 0 aliphatic carbocycles. The van der Waals surface area contributed by atoms with Crippen molar-refractivity contribution in [3.8, 4) is 27.5 Å². The number of carbonyl (C=O) groups excluding carboxylic acids is 2. The zero-order chi connectivity index (χ0) is 35.5. The van der Waals surface area contributed by atoms with Crippen molar-refractivity contribution >= 4 is 61.2 Å². The number of rotatable bonds is 6. The standard InChI is InChI=1S/C44H32N6O2S/c51-43-34-18-10-17-33-38(48-25-23-47(24-26-48)30-12-3-1-4-13-30)22-21-35(40(33)34)44(52)50(43)32-16-9-11-29(27-32)41-36(28-49(46-41)31-14-5-2-6-15-31)42-45-37-19-7-8-20-39(37)53-42/h1-22,27-28H,23-26H2. The number of piperazine rings is 1. The first-order valence-electron chi connectivity index (χ1n) is 17.7. The van der Waals surface area contributed by atoms with Crippen molar-refractivity contribution in [2.45, 2.75) is 0 Å². The first-order valence-corrected chi connectivity index (χ1v) is 18.5. The summed E-state index contributed by atoms with van der Waals surface area (Å²) in [6, 6.07) is 45.8. The van der Waals surface area contributed by atoms with E-state index in [0.717, 1.165) is 74.7 Å². The Bertz CT molecular complexity index is 2640. The van der Waals surface area contributed by atoms with E-state index in [9.17, 15) is 9.59 Å². The molecule has 10 rings (SSSR count). The average molecular weight is 709 g/mol. The molecule has 53 heavy (non-hydrogen) atoms. The van der Waals surface area contributed by atoms with Crippen LogP contribution in [0.1, 0.15) is 20.7 Å². The van der Waals surface area contributed by atoms with Crippen molar-refractivity contribution < 1.29 is 9.59 Å². The third kappa shape index (κ3) is 5.27. The molecule has 0 saturated carbocycles. The summed E-state index contributed by atoms with van der Waals surface area (Å²) in [5.74, 6) is -0.671. The molecule has 0 atom stereocenters. The Morgan fingerprint density at radius 2 is 1.23 bits per heavy atom. The number of hydrogen-bond donors (Lipinski definition) is 0. The molecule has 1 saturated heterocycles. The lowest BCUT2D eigenvalue weighted by Crippen LogP contribution is -2.46. The van der Waals surface area contributed by atoms with Crippen LogP contribution >= 0.6 is 11.3 Å². The maximum Gasteiger partial charge on any atom is 0.265 e. The monoisotopic (exact) mass is 708 g/mol. The van der Waals surface area contributed by atoms with Crippen molar-refractivity contribution in [1.29, 1.82) is 0 Å². The SMILES string of the molecule is O=C1c2cccc3c(N4CCN(c5ccccc5)CC4)ccc(c23)C(=O)N1c1cccc(-c2nn(-c3ccccc3)cc2-c2nc3ccccc3s2)c1. The summed E-state index contributed by atoms with van der Waals surface area (Å²) in [5.41, 5.74) is 8.02. The van der Waals surface area contributed by atoms with Crippen molar-refractivity contribution in [2.24, 2.45) is 0 Å². The van der Waals surface area contributed by atoms with Crippen molar-refractivity contribution in [3.63, 3.8) is 0 Å². The van der Waals surface area contributed by atoms with Crippen LogP contribution in [0.5, 0.6) is 0 Å². The van der Waals surface area contributed by atoms with Gasteiger partial charge in [-0.25, -0.2) is 14.6 Å². The summed E-state index contributed by atoms with van der Waals surface area (Å²) in [4.78, 5) is 39.8. The second-order valence-corrected chi connectivity index (χ2v) is 14.4. The smallest absolute Gasteiger partial charge is 0.265 e. The predicted octanol–water partition coefficient (Wildman–Crippen LogP) is 9.10. The number of carbonyl (C=O) groups is 2. The molecule has 6 aromatic carbocycles. The van der Waals surface area contributed by atoms with Gasteiger partial charge in [-0.05, 0) is 66.7 Å². The fraction of sp³-hybridized carbons (Fsp3) is 0.0909. The van der Waals surface area contributed by atoms with Crippen LogP contribution in [0.2, 0.25) is 0 Å². The molecule has 0 spiro atoms. The fourth-order valence-corrected chi connectivity index (χ4v) is 8.65. The highest BCUT2D eigenvalue weighted by Gasteiger charge is 2.35. The lowest BCUT2D eigenvalue weighted by atomic mass is 9.92. The third-order valence-electron chi connectivity index (χ3n) is 10.3. The second kappa shape index (κ2) is 12.6. The van der Waals surface area contributed by atoms with Crippen LogP contribution in [0, 0.1) is 0 Å². The largest absolute Gasteiger partial charge is 0.368 e. The highest BCUT2D eigenvalue weighted by molar-refractivity contribution is 7.21. The fourth-order valence-electron chi connectivity index (χ4n) is 7.67. The summed E-state index contributed by atoms with van der Waals surface area (Å²) in [6.45, 7) is 3.46. The van der Waals surface area contributed by atoms with Gasteiger partial charge in [-0.2, -0.15) is 5.10 Å². The number of aromatic nitrogens is 3. The highest BCUT2D eigenvalue weighted by Crippen LogP contribution is 2.41. The Labute approximate surface area is 309 Å². The van der Waals surface area contributed by atoms with Gasteiger partial charge in [0.15, 0.2) is 0 Å². The summed E-state index contributed by atoms with van der Waals surface area (Å²) in [5, 5.41) is 7.54. The number of nitrogens with zero attached hydrogens (tertiary/aromatic N) is 6. The van der Waals surface area contributed by atoms with Crippen LogP contribution < -0.4 is 14.7 Å². The van der Waals surface area contributed by atoms with E-state index in [1.54, 1.807) is 11.3 Å². The number of anilines is 3. The number of fused-ring (bicyclic) bond motifs is 1. The molecule has 0 unspecified atom stereocenters. The Morgan fingerprint density at radius 3 is 2.00 bits per heavy atom. The number of hydrogen-bond acceptors (Lipinski definition) is 7. The first kappa shape index (κ1) is 31.2. The molecule has 0 bridgehead atoms. The van der Waals surface area contributed by atoms with Crippen LogP contribution in [0.15, 0.2) is 146 Å². The van der Waals surface area contributed by atoms with Crippen LogP contribution in [-0.2, 0) is 0 Å². The second-order valence-electron chi connectivity index (χ2n) is 13.3. The zero-order valence-electron chi connectivity index (χ0n) is 28.6. The number of thiazole rings is 1. The first-order chi connectivity index (χ1) is 26.1. The summed E-state index contributed by atoms with van der Waals surface area (Å²) in [6.07, 6.45) is 2.00. The Hall–Kier alpha value is -6.58. The van der Waals surface area contributed by atoms with Gasteiger partial charge in [0.2, 0.25) is 0 Å². The molecule has 8 aromatic rings. The quantitative estimate of drug-likeness (QED) is 0.161. The third-order valence-corrected chi connectivity index (χ3v) is 11.3. The van der Waals surface area contributed by atoms with Gasteiger partial charge in [0.1, 0.15) is 10.7 Å². The molecular formula is C44H32N6O2S. The van der Waals surface area contributed by atoms with E-state index in [2.05, 4.69) is 40.1 Å². The van der Waals surface area contributed by atoms with Gasteiger partial charge >= 0.3 is 0 Å². The Balaban J connectivity index is 1.01. The summed E-state index contributed by atoms with van der Waals surface area (Å²) in [7, 11) is 0. The van der Waals surface area contributed by atoms with E-state index in [4.69, 9.17) is 10.1 Å². The Morgan fingerprint density at radius 1 is 0.566 bits per heavy atom. The summed E-state index contributed by atoms with van der Waals surface area (Å²) < 4.78 is 2.95. The van der Waals surface area contributed by atoms with Gasteiger partial charge < -0.3 is 9.80 Å². The van der Waals surface area contributed by atoms with E-state index < -0.39 is 0 Å². The highest BCUT2D eigenvalue weighted by atomic mass is 32.1. The van der Waals surface area contributed by atoms with E-state index >= 15 is 0 Å². The normalized spacial score (nSPS) is 14.5. The average Bonchev–Trinajstić information content (AvgIpc) is 3.86. The molecule has 0 N–H and O–H groups in total. The van der Waals surface area contributed by atoms with Crippen molar-refractivity contribution in [1.82, 2.24) is 14.8 Å². The molecule has 2 aromatic heterocycles. The minimum Gasteiger partial charge on any atom is -0.368 e. The van der Waals surface area contributed by atoms with Gasteiger partial charge in [0, 0.05) is 71.2 Å². The maximum atomic E-state index is 14.4. The van der Waals surface area contributed by atoms with E-state index in [1.807, 2.05) is 120 Å². The van der Waals surface area contributed by atoms with Crippen LogP contribution in [0.25, 0.3) is 48.5 Å².